The van der Waals surface area contributed by atoms with Gasteiger partial charge in [0.15, 0.2) is 0 Å². The average Bonchev–Trinajstić information content (AvgIpc) is 2.58. The molecule has 0 bridgehead atoms. The Morgan fingerprint density at radius 1 is 1.00 bits per heavy atom. The standard InChI is InChI=1S/C18H20N4/c1-3-22(4-2)11-10-21-17-9-8-15(13-20)18-14(12-19)6-5-7-16(17)18/h5-9,21H,3-4,10-11H2,1-2H3. The smallest absolute Gasteiger partial charge is 0.0998 e. The highest BCUT2D eigenvalue weighted by molar-refractivity contribution is 6.00. The first kappa shape index (κ1) is 15.8. The Bertz CT molecular complexity index is 713. The van der Waals surface area contributed by atoms with Crippen molar-refractivity contribution in [2.24, 2.45) is 0 Å². The van der Waals surface area contributed by atoms with Crippen molar-refractivity contribution in [3.63, 3.8) is 0 Å². The van der Waals surface area contributed by atoms with Crippen molar-refractivity contribution in [2.75, 3.05) is 31.5 Å². The van der Waals surface area contributed by atoms with Crippen molar-refractivity contribution in [3.8, 4) is 12.1 Å². The third kappa shape index (κ3) is 3.19. The maximum atomic E-state index is 9.27. The molecule has 4 nitrogen and oxygen atoms in total. The first-order valence-corrected chi connectivity index (χ1v) is 7.57. The quantitative estimate of drug-likeness (QED) is 0.887. The van der Waals surface area contributed by atoms with E-state index < -0.39 is 0 Å². The van der Waals surface area contributed by atoms with Crippen LogP contribution in [-0.4, -0.2) is 31.1 Å². The number of hydrogen-bond donors (Lipinski definition) is 1. The number of fused-ring (bicyclic) bond motifs is 1. The molecule has 0 atom stereocenters. The Morgan fingerprint density at radius 3 is 2.32 bits per heavy atom. The van der Waals surface area contributed by atoms with Crippen molar-refractivity contribution in [1.82, 2.24) is 4.90 Å². The van der Waals surface area contributed by atoms with Gasteiger partial charge in [-0.15, -0.1) is 0 Å². The molecule has 0 aliphatic carbocycles. The number of anilines is 1. The lowest BCUT2D eigenvalue weighted by molar-refractivity contribution is 0.316. The summed E-state index contributed by atoms with van der Waals surface area (Å²) in [5.74, 6) is 0. The summed E-state index contributed by atoms with van der Waals surface area (Å²) in [5, 5.41) is 23.6. The maximum Gasteiger partial charge on any atom is 0.0998 e. The summed E-state index contributed by atoms with van der Waals surface area (Å²) in [4.78, 5) is 2.35. The summed E-state index contributed by atoms with van der Waals surface area (Å²) in [6, 6.07) is 13.6. The molecule has 0 aliphatic rings. The third-order valence-electron chi connectivity index (χ3n) is 3.92. The van der Waals surface area contributed by atoms with Crippen molar-refractivity contribution in [1.29, 1.82) is 10.5 Å². The number of benzene rings is 2. The van der Waals surface area contributed by atoms with Crippen LogP contribution in [0.5, 0.6) is 0 Å². The van der Waals surface area contributed by atoms with Crippen LogP contribution in [0.4, 0.5) is 5.69 Å². The van der Waals surface area contributed by atoms with Gasteiger partial charge in [-0.3, -0.25) is 0 Å². The number of nitriles is 2. The van der Waals surface area contributed by atoms with E-state index in [1.807, 2.05) is 18.2 Å². The molecule has 0 unspecified atom stereocenters. The predicted molar refractivity (Wildman–Crippen MR) is 89.7 cm³/mol. The van der Waals surface area contributed by atoms with Gasteiger partial charge in [-0.25, -0.2) is 0 Å². The Kier molecular flexibility index (Phi) is 5.36. The Labute approximate surface area is 131 Å². The van der Waals surface area contributed by atoms with E-state index in [-0.39, 0.29) is 0 Å². The van der Waals surface area contributed by atoms with Gasteiger partial charge in [-0.2, -0.15) is 10.5 Å². The molecule has 22 heavy (non-hydrogen) atoms. The minimum atomic E-state index is 0.543. The van der Waals surface area contributed by atoms with Crippen molar-refractivity contribution in [2.45, 2.75) is 13.8 Å². The largest absolute Gasteiger partial charge is 0.383 e. The van der Waals surface area contributed by atoms with E-state index in [4.69, 9.17) is 0 Å². The van der Waals surface area contributed by atoms with Crippen molar-refractivity contribution < 1.29 is 0 Å². The molecule has 0 saturated heterocycles. The van der Waals surface area contributed by atoms with Gasteiger partial charge in [0.25, 0.3) is 0 Å². The number of rotatable bonds is 6. The highest BCUT2D eigenvalue weighted by atomic mass is 15.1. The molecule has 0 saturated carbocycles. The molecular formula is C18H20N4. The fourth-order valence-corrected chi connectivity index (χ4v) is 2.64. The van der Waals surface area contributed by atoms with Gasteiger partial charge in [0.2, 0.25) is 0 Å². The summed E-state index contributed by atoms with van der Waals surface area (Å²) >= 11 is 0. The molecule has 2 rings (SSSR count). The van der Waals surface area contributed by atoms with E-state index in [9.17, 15) is 10.5 Å². The van der Waals surface area contributed by atoms with Gasteiger partial charge in [-0.05, 0) is 31.3 Å². The molecule has 0 amide bonds. The fourth-order valence-electron chi connectivity index (χ4n) is 2.64. The summed E-state index contributed by atoms with van der Waals surface area (Å²) in [5.41, 5.74) is 2.06. The van der Waals surface area contributed by atoms with E-state index in [1.54, 1.807) is 12.1 Å². The lowest BCUT2D eigenvalue weighted by Gasteiger charge is -2.19. The third-order valence-corrected chi connectivity index (χ3v) is 3.92. The summed E-state index contributed by atoms with van der Waals surface area (Å²) in [6.45, 7) is 8.17. The molecule has 0 aromatic heterocycles. The molecule has 0 spiro atoms. The molecule has 112 valence electrons. The van der Waals surface area contributed by atoms with E-state index >= 15 is 0 Å². The zero-order valence-electron chi connectivity index (χ0n) is 13.1. The molecule has 0 aliphatic heterocycles. The van der Waals surface area contributed by atoms with Gasteiger partial charge in [0.1, 0.15) is 0 Å². The average molecular weight is 292 g/mol. The Hall–Kier alpha value is -2.56. The van der Waals surface area contributed by atoms with Crippen LogP contribution in [0.2, 0.25) is 0 Å². The zero-order chi connectivity index (χ0) is 15.9. The zero-order valence-corrected chi connectivity index (χ0v) is 13.1. The Morgan fingerprint density at radius 2 is 1.68 bits per heavy atom. The van der Waals surface area contributed by atoms with Gasteiger partial charge in [0.05, 0.1) is 23.3 Å². The Balaban J connectivity index is 2.33. The second kappa shape index (κ2) is 7.45. The molecular weight excluding hydrogens is 272 g/mol. The minimum Gasteiger partial charge on any atom is -0.383 e. The first-order chi connectivity index (χ1) is 10.7. The van der Waals surface area contributed by atoms with Gasteiger partial charge in [-0.1, -0.05) is 26.0 Å². The monoisotopic (exact) mass is 292 g/mol. The molecule has 4 heteroatoms. The van der Waals surface area contributed by atoms with Crippen LogP contribution in [0.1, 0.15) is 25.0 Å². The highest BCUT2D eigenvalue weighted by Crippen LogP contribution is 2.29. The number of nitrogens with one attached hydrogen (secondary N) is 1. The normalized spacial score (nSPS) is 10.4. The van der Waals surface area contributed by atoms with E-state index in [0.717, 1.165) is 42.6 Å². The molecule has 0 heterocycles. The summed E-state index contributed by atoms with van der Waals surface area (Å²) in [7, 11) is 0. The maximum absolute atomic E-state index is 9.27. The van der Waals surface area contributed by atoms with Crippen molar-refractivity contribution >= 4 is 16.5 Å². The molecule has 0 fully saturated rings. The van der Waals surface area contributed by atoms with Crippen LogP contribution in [0.15, 0.2) is 30.3 Å². The predicted octanol–water partition coefficient (Wildman–Crippen LogP) is 3.34. The van der Waals surface area contributed by atoms with Crippen LogP contribution in [-0.2, 0) is 0 Å². The molecule has 2 aromatic carbocycles. The second-order valence-electron chi connectivity index (χ2n) is 5.07. The minimum absolute atomic E-state index is 0.543. The van der Waals surface area contributed by atoms with Crippen LogP contribution in [0.3, 0.4) is 0 Å². The number of hydrogen-bond acceptors (Lipinski definition) is 4. The summed E-state index contributed by atoms with van der Waals surface area (Å²) in [6.07, 6.45) is 0. The molecule has 2 aromatic rings. The SMILES string of the molecule is CCN(CC)CCNc1ccc(C#N)c2c(C#N)cccc12. The summed E-state index contributed by atoms with van der Waals surface area (Å²) < 4.78 is 0. The van der Waals surface area contributed by atoms with E-state index in [1.165, 1.54) is 0 Å². The first-order valence-electron chi connectivity index (χ1n) is 7.57. The second-order valence-corrected chi connectivity index (χ2v) is 5.07. The van der Waals surface area contributed by atoms with E-state index in [2.05, 4.69) is 36.2 Å². The van der Waals surface area contributed by atoms with E-state index in [0.29, 0.717) is 11.1 Å². The van der Waals surface area contributed by atoms with Crippen LogP contribution >= 0.6 is 0 Å². The lowest BCUT2D eigenvalue weighted by Crippen LogP contribution is -2.28. The van der Waals surface area contributed by atoms with Crippen molar-refractivity contribution in [3.05, 3.63) is 41.5 Å². The van der Waals surface area contributed by atoms with Gasteiger partial charge >= 0.3 is 0 Å². The lowest BCUT2D eigenvalue weighted by atomic mass is 9.99. The number of nitrogens with zero attached hydrogens (tertiary/aromatic N) is 3. The van der Waals surface area contributed by atoms with Gasteiger partial charge in [0, 0.05) is 29.5 Å². The topological polar surface area (TPSA) is 62.9 Å². The van der Waals surface area contributed by atoms with Crippen LogP contribution < -0.4 is 5.32 Å². The molecule has 1 N–H and O–H groups in total. The van der Waals surface area contributed by atoms with Crippen LogP contribution in [0, 0.1) is 22.7 Å². The number of likely N-dealkylation sites (N-methyl/N-ethyl adjacent to an activating group) is 1. The van der Waals surface area contributed by atoms with Gasteiger partial charge < -0.3 is 10.2 Å². The highest BCUT2D eigenvalue weighted by Gasteiger charge is 2.10. The fraction of sp³-hybridized carbons (Fsp3) is 0.333. The van der Waals surface area contributed by atoms with Crippen LogP contribution in [0.25, 0.3) is 10.8 Å². The molecule has 0 radical (unpaired) electrons.